The molecule has 0 spiro atoms. The summed E-state index contributed by atoms with van der Waals surface area (Å²) < 4.78 is 17.3. The molecule has 0 saturated carbocycles. The van der Waals surface area contributed by atoms with Gasteiger partial charge in [0.25, 0.3) is 0 Å². The molecular weight excluding hydrogens is 803 g/mol. The Morgan fingerprint density at radius 1 is 0.610 bits per heavy atom. The van der Waals surface area contributed by atoms with Crippen LogP contribution in [0.5, 0.6) is 0 Å². The molecule has 1 aliphatic heterocycles. The molecular formula is C45H42BBrN10O2. The van der Waals surface area contributed by atoms with E-state index in [1.165, 1.54) is 0 Å². The van der Waals surface area contributed by atoms with Crippen molar-refractivity contribution in [1.82, 2.24) is 28.7 Å². The molecule has 1 aliphatic rings. The second-order valence-corrected chi connectivity index (χ2v) is 15.4. The SMILES string of the molecule is C.Nc1cncc(Br)c1.[C-]#[N+]c1cccc(-c2ncc3ccc(-c4cncc(N)c4)cn23)c1.[C-]#[N+]c1cccc(-c2ncc3ccc(B4OC(C)(C)C(C)(C)O4)cn23)c1. The smallest absolute Gasteiger partial charge is 0.399 e. The summed E-state index contributed by atoms with van der Waals surface area (Å²) in [5.74, 6) is 1.60. The van der Waals surface area contributed by atoms with Crippen LogP contribution in [0.2, 0.25) is 0 Å². The molecule has 0 unspecified atom stereocenters. The van der Waals surface area contributed by atoms with E-state index in [9.17, 15) is 0 Å². The van der Waals surface area contributed by atoms with E-state index in [0.29, 0.717) is 22.7 Å². The van der Waals surface area contributed by atoms with Crippen molar-refractivity contribution in [3.05, 3.63) is 162 Å². The standard InChI is InChI=1S/C20H20BN3O2.C19H13N5.C5H5BrN2.CH4/c1-19(2)20(3,4)26-21(25-19)15-9-10-17-12-23-18(24(17)13-15)14-7-6-8-16(11-14)22-5;1-21-17-4-2-3-13(8-17)19-23-11-18-6-5-14(12-24(18)19)15-7-16(20)10-22-9-15;6-4-1-5(7)3-8-2-4;/h6-13H,1-4H3;2-12H,20H2;1-3H,7H2;1H4. The molecule has 6 aromatic heterocycles. The topological polar surface area (TPSA) is 140 Å². The number of fused-ring (bicyclic) bond motifs is 2. The van der Waals surface area contributed by atoms with Crippen molar-refractivity contribution in [2.24, 2.45) is 0 Å². The van der Waals surface area contributed by atoms with E-state index in [1.807, 2.05) is 128 Å². The van der Waals surface area contributed by atoms with Crippen molar-refractivity contribution in [2.45, 2.75) is 46.3 Å². The first-order chi connectivity index (χ1) is 27.8. The molecule has 12 nitrogen and oxygen atoms in total. The summed E-state index contributed by atoms with van der Waals surface area (Å²) in [5, 5.41) is 0. The Kier molecular flexibility index (Phi) is 12.3. The Morgan fingerprint density at radius 3 is 1.64 bits per heavy atom. The van der Waals surface area contributed by atoms with E-state index in [0.717, 1.165) is 54.9 Å². The predicted molar refractivity (Wildman–Crippen MR) is 240 cm³/mol. The molecule has 0 aliphatic carbocycles. The van der Waals surface area contributed by atoms with Crippen LogP contribution >= 0.6 is 15.9 Å². The summed E-state index contributed by atoms with van der Waals surface area (Å²) in [6.07, 6.45) is 14.4. The zero-order valence-electron chi connectivity index (χ0n) is 32.2. The van der Waals surface area contributed by atoms with Gasteiger partial charge in [0.15, 0.2) is 11.4 Å². The van der Waals surface area contributed by atoms with Crippen LogP contribution < -0.4 is 16.9 Å². The highest BCUT2D eigenvalue weighted by molar-refractivity contribution is 9.10. The molecule has 59 heavy (non-hydrogen) atoms. The quantitative estimate of drug-likeness (QED) is 0.132. The number of hydrogen-bond acceptors (Lipinski definition) is 8. The van der Waals surface area contributed by atoms with Gasteiger partial charge in [0, 0.05) is 63.9 Å². The predicted octanol–water partition coefficient (Wildman–Crippen LogP) is 10.1. The molecule has 8 aromatic rings. The lowest BCUT2D eigenvalue weighted by atomic mass is 9.80. The van der Waals surface area contributed by atoms with Crippen molar-refractivity contribution in [2.75, 3.05) is 11.5 Å². The number of imidazole rings is 2. The highest BCUT2D eigenvalue weighted by atomic mass is 79.9. The van der Waals surface area contributed by atoms with Crippen LogP contribution in [0.15, 0.2) is 139 Å². The molecule has 9 rings (SSSR count). The van der Waals surface area contributed by atoms with Crippen LogP contribution in [0.3, 0.4) is 0 Å². The fourth-order valence-electron chi connectivity index (χ4n) is 6.19. The first-order valence-corrected chi connectivity index (χ1v) is 19.0. The molecule has 0 atom stereocenters. The maximum atomic E-state index is 7.22. The third-order valence-corrected chi connectivity index (χ3v) is 10.3. The van der Waals surface area contributed by atoms with Gasteiger partial charge in [-0.25, -0.2) is 19.7 Å². The van der Waals surface area contributed by atoms with Gasteiger partial charge >= 0.3 is 7.12 Å². The lowest BCUT2D eigenvalue weighted by molar-refractivity contribution is 0.00578. The minimum atomic E-state index is -0.422. The van der Waals surface area contributed by atoms with Gasteiger partial charge < -0.3 is 25.2 Å². The van der Waals surface area contributed by atoms with Gasteiger partial charge in [0.1, 0.15) is 11.6 Å². The van der Waals surface area contributed by atoms with E-state index in [-0.39, 0.29) is 18.6 Å². The van der Waals surface area contributed by atoms with Gasteiger partial charge in [-0.15, -0.1) is 0 Å². The molecule has 0 amide bonds. The number of benzene rings is 2. The lowest BCUT2D eigenvalue weighted by Crippen LogP contribution is -2.41. The number of anilines is 2. The van der Waals surface area contributed by atoms with Crippen LogP contribution in [0, 0.1) is 13.1 Å². The summed E-state index contributed by atoms with van der Waals surface area (Å²) in [6.45, 7) is 22.6. The number of hydrogen-bond donors (Lipinski definition) is 2. The molecule has 1 fully saturated rings. The van der Waals surface area contributed by atoms with Gasteiger partial charge in [-0.3, -0.25) is 14.4 Å². The van der Waals surface area contributed by atoms with Crippen LogP contribution in [0.4, 0.5) is 22.7 Å². The molecule has 7 heterocycles. The van der Waals surface area contributed by atoms with Crippen molar-refractivity contribution in [1.29, 1.82) is 0 Å². The Hall–Kier alpha value is -6.84. The van der Waals surface area contributed by atoms with Crippen LogP contribution in [-0.4, -0.2) is 47.1 Å². The van der Waals surface area contributed by atoms with Crippen LogP contribution in [0.1, 0.15) is 35.1 Å². The van der Waals surface area contributed by atoms with Gasteiger partial charge in [-0.05, 0) is 85.5 Å². The van der Waals surface area contributed by atoms with Crippen molar-refractivity contribution >= 4 is 62.3 Å². The van der Waals surface area contributed by atoms with Gasteiger partial charge in [-0.1, -0.05) is 56.0 Å². The second-order valence-electron chi connectivity index (χ2n) is 14.5. The maximum Gasteiger partial charge on any atom is 0.496 e. The van der Waals surface area contributed by atoms with E-state index in [1.54, 1.807) is 43.0 Å². The van der Waals surface area contributed by atoms with E-state index >= 15 is 0 Å². The minimum absolute atomic E-state index is 0. The summed E-state index contributed by atoms with van der Waals surface area (Å²) in [5.41, 5.74) is 19.6. The maximum absolute atomic E-state index is 7.22. The Bertz CT molecular complexity index is 2820. The minimum Gasteiger partial charge on any atom is -0.399 e. The number of nitrogens with zero attached hydrogens (tertiary/aromatic N) is 8. The van der Waals surface area contributed by atoms with Crippen molar-refractivity contribution < 1.29 is 9.31 Å². The third kappa shape index (κ3) is 9.17. The molecule has 2 aromatic carbocycles. The number of nitrogens with two attached hydrogens (primary N) is 2. The third-order valence-electron chi connectivity index (χ3n) is 9.89. The average molecular weight is 846 g/mol. The Labute approximate surface area is 352 Å². The summed E-state index contributed by atoms with van der Waals surface area (Å²) >= 11 is 3.22. The average Bonchev–Trinajstić information content (AvgIpc) is 3.90. The van der Waals surface area contributed by atoms with Gasteiger partial charge in [-0.2, -0.15) is 0 Å². The highest BCUT2D eigenvalue weighted by Crippen LogP contribution is 2.37. The first kappa shape index (κ1) is 41.8. The fourth-order valence-corrected chi connectivity index (χ4v) is 6.57. The van der Waals surface area contributed by atoms with Gasteiger partial charge in [0.2, 0.25) is 0 Å². The number of aromatic nitrogens is 6. The van der Waals surface area contributed by atoms with Gasteiger partial charge in [0.05, 0.1) is 59.1 Å². The second kappa shape index (κ2) is 17.3. The van der Waals surface area contributed by atoms with E-state index in [2.05, 4.69) is 45.6 Å². The summed E-state index contributed by atoms with van der Waals surface area (Å²) in [6, 6.07) is 26.7. The first-order valence-electron chi connectivity index (χ1n) is 18.2. The lowest BCUT2D eigenvalue weighted by Gasteiger charge is -2.32. The summed E-state index contributed by atoms with van der Waals surface area (Å²) in [4.78, 5) is 24.0. The molecule has 4 N–H and O–H groups in total. The Balaban J connectivity index is 0.000000165. The molecule has 0 radical (unpaired) electrons. The van der Waals surface area contributed by atoms with Crippen LogP contribution in [-0.2, 0) is 9.31 Å². The monoisotopic (exact) mass is 844 g/mol. The van der Waals surface area contributed by atoms with Crippen LogP contribution in [0.25, 0.3) is 54.6 Å². The molecule has 1 saturated heterocycles. The van der Waals surface area contributed by atoms with E-state index < -0.39 is 7.12 Å². The largest absolute Gasteiger partial charge is 0.496 e. The zero-order chi connectivity index (χ0) is 41.0. The number of nitrogen functional groups attached to an aromatic ring is 2. The van der Waals surface area contributed by atoms with E-state index in [4.69, 9.17) is 33.9 Å². The molecule has 14 heteroatoms. The fraction of sp³-hybridized carbons (Fsp3) is 0.156. The highest BCUT2D eigenvalue weighted by Gasteiger charge is 2.51. The normalized spacial score (nSPS) is 13.6. The molecule has 0 bridgehead atoms. The summed E-state index contributed by atoms with van der Waals surface area (Å²) in [7, 11) is -0.422. The van der Waals surface area contributed by atoms with Crippen molar-refractivity contribution in [3.8, 4) is 33.9 Å². The molecule has 294 valence electrons. The number of rotatable bonds is 4. The number of halogens is 1. The zero-order valence-corrected chi connectivity index (χ0v) is 33.8. The Morgan fingerprint density at radius 2 is 1.14 bits per heavy atom. The van der Waals surface area contributed by atoms with Crippen molar-refractivity contribution in [3.63, 3.8) is 0 Å². The number of pyridine rings is 4.